The van der Waals surface area contributed by atoms with Gasteiger partial charge in [-0.25, -0.2) is 4.79 Å². The van der Waals surface area contributed by atoms with Gasteiger partial charge in [-0.3, -0.25) is 0 Å². The summed E-state index contributed by atoms with van der Waals surface area (Å²) in [5, 5.41) is 5.85. The van der Waals surface area contributed by atoms with Crippen LogP contribution in [0.4, 0.5) is 16.2 Å². The van der Waals surface area contributed by atoms with Crippen molar-refractivity contribution in [1.29, 1.82) is 0 Å². The Kier molecular flexibility index (Phi) is 4.26. The van der Waals surface area contributed by atoms with Gasteiger partial charge in [0.15, 0.2) is 0 Å². The molecule has 0 aliphatic heterocycles. The molecule has 4 N–H and O–H groups in total. The molecule has 5 heteroatoms. The molecule has 2 aromatic carbocycles. The third kappa shape index (κ3) is 3.89. The summed E-state index contributed by atoms with van der Waals surface area (Å²) in [5.74, 6) is 0. The van der Waals surface area contributed by atoms with Gasteiger partial charge in [0, 0.05) is 12.2 Å². The highest BCUT2D eigenvalue weighted by Gasteiger charge is 2.05. The number of hydrogen-bond donors (Lipinski definition) is 3. The first-order chi connectivity index (χ1) is 9.15. The van der Waals surface area contributed by atoms with Gasteiger partial charge in [0.05, 0.1) is 10.7 Å². The second-order valence-electron chi connectivity index (χ2n) is 4.03. The number of amides is 2. The van der Waals surface area contributed by atoms with Crippen LogP contribution in [0.5, 0.6) is 0 Å². The molecular formula is C14H14ClN3O. The van der Waals surface area contributed by atoms with Gasteiger partial charge in [-0.1, -0.05) is 41.9 Å². The molecule has 0 heterocycles. The lowest BCUT2D eigenvalue weighted by Crippen LogP contribution is -2.28. The lowest BCUT2D eigenvalue weighted by Gasteiger charge is -2.09. The van der Waals surface area contributed by atoms with Crippen molar-refractivity contribution in [3.05, 3.63) is 59.1 Å². The fourth-order valence-electron chi connectivity index (χ4n) is 1.58. The molecule has 2 rings (SSSR count). The number of hydrogen-bond acceptors (Lipinski definition) is 2. The van der Waals surface area contributed by atoms with E-state index in [9.17, 15) is 4.79 Å². The minimum atomic E-state index is -0.323. The second-order valence-corrected chi connectivity index (χ2v) is 4.44. The fourth-order valence-corrected chi connectivity index (χ4v) is 1.75. The highest BCUT2D eigenvalue weighted by atomic mass is 35.5. The van der Waals surface area contributed by atoms with Gasteiger partial charge < -0.3 is 16.4 Å². The number of rotatable bonds is 3. The molecule has 0 saturated heterocycles. The van der Waals surface area contributed by atoms with E-state index in [4.69, 9.17) is 17.3 Å². The first kappa shape index (κ1) is 13.2. The zero-order valence-electron chi connectivity index (χ0n) is 10.2. The molecule has 0 aliphatic rings. The SMILES string of the molecule is Nc1ccc(Cl)c(NC(=O)NCc2ccccc2)c1. The van der Waals surface area contributed by atoms with E-state index < -0.39 is 0 Å². The molecule has 0 bridgehead atoms. The van der Waals surface area contributed by atoms with Crippen LogP contribution in [0.3, 0.4) is 0 Å². The highest BCUT2D eigenvalue weighted by Crippen LogP contribution is 2.23. The highest BCUT2D eigenvalue weighted by molar-refractivity contribution is 6.33. The van der Waals surface area contributed by atoms with Crippen molar-refractivity contribution in [3.8, 4) is 0 Å². The predicted octanol–water partition coefficient (Wildman–Crippen LogP) is 3.24. The number of halogens is 1. The normalized spacial score (nSPS) is 9.95. The summed E-state index contributed by atoms with van der Waals surface area (Å²) in [6.07, 6.45) is 0. The minimum absolute atomic E-state index is 0.323. The summed E-state index contributed by atoms with van der Waals surface area (Å²) in [6, 6.07) is 14.3. The smallest absolute Gasteiger partial charge is 0.319 e. The topological polar surface area (TPSA) is 67.1 Å². The quantitative estimate of drug-likeness (QED) is 0.753. The number of benzene rings is 2. The Bertz CT molecular complexity index is 572. The molecule has 98 valence electrons. The summed E-state index contributed by atoms with van der Waals surface area (Å²) in [5.41, 5.74) is 7.70. The van der Waals surface area contributed by atoms with Crippen molar-refractivity contribution in [3.63, 3.8) is 0 Å². The zero-order chi connectivity index (χ0) is 13.7. The predicted molar refractivity (Wildman–Crippen MR) is 78.2 cm³/mol. The number of urea groups is 1. The molecule has 2 amide bonds. The van der Waals surface area contributed by atoms with E-state index in [1.807, 2.05) is 30.3 Å². The molecule has 0 saturated carbocycles. The molecule has 0 aliphatic carbocycles. The van der Waals surface area contributed by atoms with Crippen molar-refractivity contribution in [1.82, 2.24) is 5.32 Å². The fraction of sp³-hybridized carbons (Fsp3) is 0.0714. The average molecular weight is 276 g/mol. The molecule has 2 aromatic rings. The molecule has 0 unspecified atom stereocenters. The van der Waals surface area contributed by atoms with E-state index in [-0.39, 0.29) is 6.03 Å². The number of nitrogen functional groups attached to an aromatic ring is 1. The Morgan fingerprint density at radius 1 is 1.16 bits per heavy atom. The van der Waals surface area contributed by atoms with E-state index in [0.29, 0.717) is 22.9 Å². The molecule has 19 heavy (non-hydrogen) atoms. The van der Waals surface area contributed by atoms with Crippen LogP contribution in [-0.2, 0) is 6.54 Å². The van der Waals surface area contributed by atoms with Gasteiger partial charge in [-0.15, -0.1) is 0 Å². The minimum Gasteiger partial charge on any atom is -0.399 e. The molecule has 0 spiro atoms. The van der Waals surface area contributed by atoms with Gasteiger partial charge in [0.25, 0.3) is 0 Å². The van der Waals surface area contributed by atoms with Gasteiger partial charge in [-0.05, 0) is 23.8 Å². The average Bonchev–Trinajstić information content (AvgIpc) is 2.42. The first-order valence-corrected chi connectivity index (χ1v) is 6.17. The van der Waals surface area contributed by atoms with E-state index in [0.717, 1.165) is 5.56 Å². The van der Waals surface area contributed by atoms with E-state index >= 15 is 0 Å². The van der Waals surface area contributed by atoms with Crippen molar-refractivity contribution in [2.24, 2.45) is 0 Å². The maximum atomic E-state index is 11.7. The van der Waals surface area contributed by atoms with Gasteiger partial charge in [-0.2, -0.15) is 0 Å². The third-order valence-corrected chi connectivity index (χ3v) is 2.86. The molecule has 0 aromatic heterocycles. The van der Waals surface area contributed by atoms with Crippen molar-refractivity contribution in [2.75, 3.05) is 11.1 Å². The van der Waals surface area contributed by atoms with Crippen LogP contribution in [0.2, 0.25) is 5.02 Å². The van der Waals surface area contributed by atoms with Crippen LogP contribution >= 0.6 is 11.6 Å². The van der Waals surface area contributed by atoms with Crippen molar-refractivity contribution < 1.29 is 4.79 Å². The van der Waals surface area contributed by atoms with Crippen LogP contribution in [0.25, 0.3) is 0 Å². The van der Waals surface area contributed by atoms with Crippen LogP contribution in [0.1, 0.15) is 5.56 Å². The van der Waals surface area contributed by atoms with Crippen molar-refractivity contribution in [2.45, 2.75) is 6.54 Å². The Morgan fingerprint density at radius 3 is 2.63 bits per heavy atom. The summed E-state index contributed by atoms with van der Waals surface area (Å²) >= 11 is 5.96. The Hall–Kier alpha value is -2.20. The second kappa shape index (κ2) is 6.11. The first-order valence-electron chi connectivity index (χ1n) is 5.79. The lowest BCUT2D eigenvalue weighted by atomic mass is 10.2. The monoisotopic (exact) mass is 275 g/mol. The Morgan fingerprint density at radius 2 is 1.89 bits per heavy atom. The van der Waals surface area contributed by atoms with Gasteiger partial charge in [0.2, 0.25) is 0 Å². The van der Waals surface area contributed by atoms with E-state index in [1.54, 1.807) is 18.2 Å². The number of carbonyl (C=O) groups is 1. The molecule has 4 nitrogen and oxygen atoms in total. The maximum absolute atomic E-state index is 11.7. The van der Waals surface area contributed by atoms with Gasteiger partial charge >= 0.3 is 6.03 Å². The number of nitrogens with one attached hydrogen (secondary N) is 2. The summed E-state index contributed by atoms with van der Waals surface area (Å²) in [6.45, 7) is 0.451. The van der Waals surface area contributed by atoms with Gasteiger partial charge in [0.1, 0.15) is 0 Å². The van der Waals surface area contributed by atoms with E-state index in [2.05, 4.69) is 10.6 Å². The number of carbonyl (C=O) groups excluding carboxylic acids is 1. The molecule has 0 atom stereocenters. The summed E-state index contributed by atoms with van der Waals surface area (Å²) < 4.78 is 0. The van der Waals surface area contributed by atoms with Crippen LogP contribution in [-0.4, -0.2) is 6.03 Å². The summed E-state index contributed by atoms with van der Waals surface area (Å²) in [4.78, 5) is 11.7. The Balaban J connectivity index is 1.93. The largest absolute Gasteiger partial charge is 0.399 e. The number of anilines is 2. The maximum Gasteiger partial charge on any atom is 0.319 e. The number of nitrogens with two attached hydrogens (primary N) is 1. The zero-order valence-corrected chi connectivity index (χ0v) is 10.9. The van der Waals surface area contributed by atoms with Crippen LogP contribution < -0.4 is 16.4 Å². The molecule has 0 fully saturated rings. The van der Waals surface area contributed by atoms with E-state index in [1.165, 1.54) is 0 Å². The van der Waals surface area contributed by atoms with Crippen LogP contribution in [0, 0.1) is 0 Å². The van der Waals surface area contributed by atoms with Crippen LogP contribution in [0.15, 0.2) is 48.5 Å². The lowest BCUT2D eigenvalue weighted by molar-refractivity contribution is 0.251. The standard InChI is InChI=1S/C14H14ClN3O/c15-12-7-6-11(16)8-13(12)18-14(19)17-9-10-4-2-1-3-5-10/h1-8H,9,16H2,(H2,17,18,19). The Labute approximate surface area is 116 Å². The molecule has 0 radical (unpaired) electrons. The third-order valence-electron chi connectivity index (χ3n) is 2.53. The molecular weight excluding hydrogens is 262 g/mol. The van der Waals surface area contributed by atoms with Crippen molar-refractivity contribution >= 4 is 29.0 Å². The summed E-state index contributed by atoms with van der Waals surface area (Å²) in [7, 11) is 0.